The fraction of sp³-hybridized carbons (Fsp3) is 0.458. The highest BCUT2D eigenvalue weighted by molar-refractivity contribution is 5.90. The second kappa shape index (κ2) is 14.1. The summed E-state index contributed by atoms with van der Waals surface area (Å²) in [6, 6.07) is 2.20. The minimum Gasteiger partial charge on any atom is -0.507 e. The monoisotopic (exact) mass is 515 g/mol. The highest BCUT2D eigenvalue weighted by atomic mass is 16.6. The zero-order valence-corrected chi connectivity index (χ0v) is 21.0. The van der Waals surface area contributed by atoms with Gasteiger partial charge in [0.05, 0.1) is 23.8 Å². The van der Waals surface area contributed by atoms with E-state index in [1.165, 1.54) is 20.4 Å². The number of carbonyl (C=O) groups excluding carboxylic acids is 1. The van der Waals surface area contributed by atoms with Crippen molar-refractivity contribution in [2.75, 3.05) is 13.7 Å². The lowest BCUT2D eigenvalue weighted by Crippen LogP contribution is -2.48. The second-order valence-corrected chi connectivity index (χ2v) is 7.76. The van der Waals surface area contributed by atoms with E-state index in [1.807, 2.05) is 0 Å². The number of benzene rings is 2. The van der Waals surface area contributed by atoms with Gasteiger partial charge in [0.25, 0.3) is 0 Å². The minimum atomic E-state index is -2.18. The normalized spacial score (nSPS) is 12.8. The van der Waals surface area contributed by atoms with E-state index >= 15 is 0 Å². The van der Waals surface area contributed by atoms with Crippen LogP contribution in [-0.4, -0.2) is 77.3 Å². The minimum absolute atomic E-state index is 0.00691. The molecule has 2 aromatic carbocycles. The van der Waals surface area contributed by atoms with Crippen LogP contribution in [0.3, 0.4) is 0 Å². The summed E-state index contributed by atoms with van der Waals surface area (Å²) in [5.41, 5.74) is 1.27. The van der Waals surface area contributed by atoms with Gasteiger partial charge in [0.15, 0.2) is 17.1 Å². The quantitative estimate of drug-likeness (QED) is 0.145. The Labute approximate surface area is 209 Å². The molecular weight excluding hydrogens is 478 g/mol. The molecule has 0 aliphatic heterocycles. The van der Waals surface area contributed by atoms with Gasteiger partial charge >= 0.3 is 5.97 Å². The number of rotatable bonds is 7. The molecule has 2 aromatic rings. The van der Waals surface area contributed by atoms with E-state index < -0.39 is 69.0 Å². The molecule has 2 rings (SSSR count). The second-order valence-electron chi connectivity index (χ2n) is 7.76. The van der Waals surface area contributed by atoms with E-state index in [0.29, 0.717) is 0 Å². The van der Waals surface area contributed by atoms with E-state index in [4.69, 9.17) is 4.74 Å². The zero-order valence-electron chi connectivity index (χ0n) is 21.0. The molecular formula is C24H37NO11. The smallest absolute Gasteiger partial charge is 0.340 e. The fourth-order valence-electron chi connectivity index (χ4n) is 2.99. The number of phenols is 7. The summed E-state index contributed by atoms with van der Waals surface area (Å²) in [5, 5.41) is 89.7. The number of carbonyl (C=O) groups is 1. The fourth-order valence-corrected chi connectivity index (χ4v) is 2.99. The van der Waals surface area contributed by atoms with Crippen molar-refractivity contribution < 1.29 is 55.5 Å². The molecule has 0 saturated heterocycles. The Kier molecular flexibility index (Phi) is 12.7. The molecule has 0 heterocycles. The molecule has 0 aliphatic rings. The Morgan fingerprint density at radius 3 is 1.64 bits per heavy atom. The Morgan fingerprint density at radius 1 is 0.861 bits per heavy atom. The number of hydrogen-bond donors (Lipinski definition) is 10. The highest BCUT2D eigenvalue weighted by Gasteiger charge is 2.39. The van der Waals surface area contributed by atoms with E-state index in [9.17, 15) is 50.8 Å². The van der Waals surface area contributed by atoms with Gasteiger partial charge in [-0.15, -0.1) is 0 Å². The third-order valence-corrected chi connectivity index (χ3v) is 4.82. The molecule has 0 aromatic heterocycles. The van der Waals surface area contributed by atoms with Gasteiger partial charge in [-0.3, -0.25) is 0 Å². The Hall–Kier alpha value is -3.61. The molecule has 0 amide bonds. The largest absolute Gasteiger partial charge is 0.507 e. The first-order valence-electron chi connectivity index (χ1n) is 11.1. The number of hydrogen-bond acceptors (Lipinski definition) is 12. The molecule has 0 fully saturated rings. The predicted octanol–water partition coefficient (Wildman–Crippen LogP) is 1.89. The highest BCUT2D eigenvalue weighted by Crippen LogP contribution is 2.57. The average Bonchev–Trinajstić information content (AvgIpc) is 2.83. The van der Waals surface area contributed by atoms with Crippen LogP contribution in [0.1, 0.15) is 46.1 Å². The lowest BCUT2D eigenvalue weighted by Gasteiger charge is -2.26. The topological polar surface area (TPSA) is 234 Å². The molecule has 12 nitrogen and oxygen atoms in total. The third-order valence-electron chi connectivity index (χ3n) is 4.82. The van der Waals surface area contributed by atoms with Crippen LogP contribution in [0.15, 0.2) is 12.1 Å². The van der Waals surface area contributed by atoms with Crippen molar-refractivity contribution in [2.24, 2.45) is 5.73 Å². The molecule has 0 aliphatic carbocycles. The third kappa shape index (κ3) is 7.20. The summed E-state index contributed by atoms with van der Waals surface area (Å²) in [4.78, 5) is 11.8. The first-order valence-corrected chi connectivity index (χ1v) is 11.1. The van der Waals surface area contributed by atoms with Gasteiger partial charge in [-0.25, -0.2) is 4.79 Å². The SMILES string of the molecule is CCC.CCOC(=O)C(C)(O)C(O)CCc1cc(O)c(-c2c(O)c(O)c(O)c(O)c2O)c(O)c1.CN. The number of aliphatic hydroxyl groups excluding tert-OH is 1. The Morgan fingerprint density at radius 2 is 1.25 bits per heavy atom. The van der Waals surface area contributed by atoms with Crippen molar-refractivity contribution >= 4 is 5.97 Å². The van der Waals surface area contributed by atoms with Crippen molar-refractivity contribution in [2.45, 2.75) is 58.7 Å². The first kappa shape index (κ1) is 32.4. The number of aromatic hydroxyl groups is 7. The molecule has 0 radical (unpaired) electrons. The van der Waals surface area contributed by atoms with E-state index in [2.05, 4.69) is 19.6 Å². The predicted molar refractivity (Wildman–Crippen MR) is 131 cm³/mol. The maximum Gasteiger partial charge on any atom is 0.340 e. The van der Waals surface area contributed by atoms with E-state index in [0.717, 1.165) is 19.1 Å². The van der Waals surface area contributed by atoms with Crippen LogP contribution in [0.4, 0.5) is 0 Å². The van der Waals surface area contributed by atoms with Gasteiger partial charge in [-0.2, -0.15) is 0 Å². The van der Waals surface area contributed by atoms with Crippen LogP contribution in [-0.2, 0) is 16.0 Å². The maximum atomic E-state index is 11.8. The molecule has 2 atom stereocenters. The summed E-state index contributed by atoms with van der Waals surface area (Å²) in [6.07, 6.45) is -0.474. The molecule has 36 heavy (non-hydrogen) atoms. The van der Waals surface area contributed by atoms with Gasteiger partial charge in [0.2, 0.25) is 17.2 Å². The summed E-state index contributed by atoms with van der Waals surface area (Å²) in [7, 11) is 1.50. The maximum absolute atomic E-state index is 11.8. The average molecular weight is 516 g/mol. The number of esters is 1. The molecule has 0 spiro atoms. The van der Waals surface area contributed by atoms with E-state index in [-0.39, 0.29) is 25.0 Å². The zero-order chi connectivity index (χ0) is 28.4. The number of ether oxygens (including phenoxy) is 1. The van der Waals surface area contributed by atoms with Crippen molar-refractivity contribution in [1.82, 2.24) is 0 Å². The van der Waals surface area contributed by atoms with E-state index in [1.54, 1.807) is 0 Å². The van der Waals surface area contributed by atoms with Crippen molar-refractivity contribution in [3.05, 3.63) is 17.7 Å². The molecule has 0 bridgehead atoms. The van der Waals surface area contributed by atoms with Gasteiger partial charge in [0.1, 0.15) is 11.5 Å². The summed E-state index contributed by atoms with van der Waals surface area (Å²) in [5.74, 6) is -8.15. The molecule has 0 saturated carbocycles. The van der Waals surface area contributed by atoms with Crippen LogP contribution >= 0.6 is 0 Å². The van der Waals surface area contributed by atoms with Crippen LogP contribution in [0, 0.1) is 0 Å². The number of aryl methyl sites for hydroxylation is 1. The van der Waals surface area contributed by atoms with Crippen molar-refractivity contribution in [3.63, 3.8) is 0 Å². The van der Waals surface area contributed by atoms with Crippen LogP contribution in [0.5, 0.6) is 40.2 Å². The summed E-state index contributed by atoms with van der Waals surface area (Å²) < 4.78 is 4.70. The van der Waals surface area contributed by atoms with Crippen LogP contribution < -0.4 is 5.73 Å². The van der Waals surface area contributed by atoms with Gasteiger partial charge in [-0.05, 0) is 51.4 Å². The van der Waals surface area contributed by atoms with Crippen molar-refractivity contribution in [3.8, 4) is 51.4 Å². The number of aliphatic hydroxyl groups is 2. The summed E-state index contributed by atoms with van der Waals surface area (Å²) in [6.45, 7) is 6.88. The van der Waals surface area contributed by atoms with Gasteiger partial charge < -0.3 is 56.4 Å². The Balaban J connectivity index is 0.00000227. The molecule has 204 valence electrons. The van der Waals surface area contributed by atoms with Gasteiger partial charge in [0, 0.05) is 0 Å². The first-order chi connectivity index (χ1) is 16.8. The lowest BCUT2D eigenvalue weighted by molar-refractivity contribution is -0.175. The van der Waals surface area contributed by atoms with Crippen LogP contribution in [0.25, 0.3) is 11.1 Å². The van der Waals surface area contributed by atoms with Gasteiger partial charge in [-0.1, -0.05) is 20.3 Å². The lowest BCUT2D eigenvalue weighted by atomic mass is 9.92. The Bertz CT molecular complexity index is 970. The number of phenolic OH excluding ortho intramolecular Hbond substituents is 7. The summed E-state index contributed by atoms with van der Waals surface area (Å²) >= 11 is 0. The molecule has 2 unspecified atom stereocenters. The molecule has 12 heteroatoms. The standard InChI is InChI=1S/C20H24O11.C3H8.CH5N/c1-3-31-19(29)20(2,30)11(23)5-4-8-6-9(21)12(10(22)7-8)13-14(24)16(26)18(28)17(27)15(13)25;1-3-2;1-2/h6-7,11,21-28,30H,3-5H2,1-2H3;3H2,1-2H3;2H2,1H3. The van der Waals surface area contributed by atoms with Crippen molar-refractivity contribution in [1.29, 1.82) is 0 Å². The number of nitrogens with two attached hydrogens (primary N) is 1. The molecule has 11 N–H and O–H groups in total. The van der Waals surface area contributed by atoms with Crippen LogP contribution in [0.2, 0.25) is 0 Å².